The van der Waals surface area contributed by atoms with E-state index in [1.807, 2.05) is 26.8 Å². The number of nitrogens with zero attached hydrogens (tertiary/aromatic N) is 1. The number of halogens is 2. The van der Waals surface area contributed by atoms with Crippen molar-refractivity contribution < 1.29 is 9.59 Å². The summed E-state index contributed by atoms with van der Waals surface area (Å²) in [7, 11) is 0. The van der Waals surface area contributed by atoms with E-state index in [1.54, 1.807) is 12.1 Å². The molecule has 0 saturated carbocycles. The van der Waals surface area contributed by atoms with Crippen molar-refractivity contribution in [3.63, 3.8) is 0 Å². The first-order valence-corrected chi connectivity index (χ1v) is 8.07. The zero-order valence-corrected chi connectivity index (χ0v) is 15.0. The number of amides is 2. The maximum Gasteiger partial charge on any atom is 0.257 e. The molecule has 0 radical (unpaired) electrons. The fourth-order valence-corrected chi connectivity index (χ4v) is 2.13. The number of anilines is 2. The average Bonchev–Trinajstić information content (AvgIpc) is 2.53. The van der Waals surface area contributed by atoms with E-state index in [0.717, 1.165) is 5.56 Å². The number of carbonyl (C=O) groups excluding carboxylic acids is 2. The van der Waals surface area contributed by atoms with Crippen molar-refractivity contribution in [1.82, 2.24) is 4.98 Å². The van der Waals surface area contributed by atoms with Crippen LogP contribution in [0.3, 0.4) is 0 Å². The van der Waals surface area contributed by atoms with Gasteiger partial charge in [0.25, 0.3) is 5.91 Å². The Bertz CT molecular complexity index is 791. The largest absolute Gasteiger partial charge is 0.326 e. The van der Waals surface area contributed by atoms with E-state index in [-0.39, 0.29) is 27.9 Å². The average molecular weight is 366 g/mol. The third-order valence-electron chi connectivity index (χ3n) is 3.34. The predicted octanol–water partition coefficient (Wildman–Crippen LogP) is 4.54. The lowest BCUT2D eigenvalue weighted by atomic mass is 10.1. The first kappa shape index (κ1) is 18.2. The first-order chi connectivity index (χ1) is 11.3. The Kier molecular flexibility index (Phi) is 5.80. The summed E-state index contributed by atoms with van der Waals surface area (Å²) in [6.45, 7) is 5.48. The summed E-state index contributed by atoms with van der Waals surface area (Å²) in [6, 6.07) is 6.76. The van der Waals surface area contributed by atoms with Crippen molar-refractivity contribution >= 4 is 46.4 Å². The van der Waals surface area contributed by atoms with Gasteiger partial charge in [0.05, 0.1) is 10.6 Å². The number of aromatic nitrogens is 1. The van der Waals surface area contributed by atoms with Gasteiger partial charge in [0.1, 0.15) is 5.15 Å². The van der Waals surface area contributed by atoms with Crippen LogP contribution in [0.4, 0.5) is 11.4 Å². The molecule has 0 spiro atoms. The molecule has 1 heterocycles. The lowest BCUT2D eigenvalue weighted by Gasteiger charge is -2.13. The minimum Gasteiger partial charge on any atom is -0.326 e. The lowest BCUT2D eigenvalue weighted by molar-refractivity contribution is -0.118. The molecule has 2 rings (SSSR count). The molecule has 1 aromatic carbocycles. The highest BCUT2D eigenvalue weighted by atomic mass is 35.5. The molecule has 0 aliphatic rings. The van der Waals surface area contributed by atoms with Gasteiger partial charge in [-0.3, -0.25) is 9.59 Å². The molecular formula is C17H17Cl2N3O2. The van der Waals surface area contributed by atoms with Crippen molar-refractivity contribution in [2.45, 2.75) is 20.8 Å². The zero-order valence-electron chi connectivity index (χ0n) is 13.5. The van der Waals surface area contributed by atoms with Crippen LogP contribution in [-0.4, -0.2) is 16.8 Å². The molecule has 0 aliphatic heterocycles. The van der Waals surface area contributed by atoms with Gasteiger partial charge >= 0.3 is 0 Å². The van der Waals surface area contributed by atoms with Gasteiger partial charge in [-0.05, 0) is 30.7 Å². The third-order valence-corrected chi connectivity index (χ3v) is 4.02. The topological polar surface area (TPSA) is 71.1 Å². The molecule has 0 atom stereocenters. The van der Waals surface area contributed by atoms with Crippen molar-refractivity contribution in [3.8, 4) is 0 Å². The van der Waals surface area contributed by atoms with Crippen LogP contribution in [0, 0.1) is 12.8 Å². The number of rotatable bonds is 4. The summed E-state index contributed by atoms with van der Waals surface area (Å²) >= 11 is 11.6. The van der Waals surface area contributed by atoms with E-state index in [9.17, 15) is 9.59 Å². The highest BCUT2D eigenvalue weighted by Gasteiger charge is 2.12. The molecule has 0 fully saturated rings. The molecule has 0 bridgehead atoms. The van der Waals surface area contributed by atoms with Gasteiger partial charge in [-0.1, -0.05) is 43.1 Å². The predicted molar refractivity (Wildman–Crippen MR) is 96.9 cm³/mol. The molecule has 5 nitrogen and oxygen atoms in total. The van der Waals surface area contributed by atoms with Crippen molar-refractivity contribution in [3.05, 3.63) is 51.8 Å². The van der Waals surface area contributed by atoms with Gasteiger partial charge < -0.3 is 10.6 Å². The molecule has 2 amide bonds. The first-order valence-electron chi connectivity index (χ1n) is 7.32. The number of hydrogen-bond acceptors (Lipinski definition) is 3. The number of benzene rings is 1. The van der Waals surface area contributed by atoms with Gasteiger partial charge in [0.15, 0.2) is 0 Å². The molecular weight excluding hydrogens is 349 g/mol. The number of aryl methyl sites for hydroxylation is 1. The summed E-state index contributed by atoms with van der Waals surface area (Å²) in [5, 5.41) is 5.93. The monoisotopic (exact) mass is 365 g/mol. The second-order valence-corrected chi connectivity index (χ2v) is 6.39. The Hall–Kier alpha value is -2.11. The molecule has 7 heteroatoms. The highest BCUT2D eigenvalue weighted by molar-refractivity contribution is 6.41. The van der Waals surface area contributed by atoms with E-state index < -0.39 is 0 Å². The van der Waals surface area contributed by atoms with Crippen LogP contribution < -0.4 is 10.6 Å². The molecule has 2 N–H and O–H groups in total. The molecule has 1 aromatic heterocycles. The zero-order chi connectivity index (χ0) is 17.9. The smallest absolute Gasteiger partial charge is 0.257 e. The molecule has 2 aromatic rings. The van der Waals surface area contributed by atoms with Gasteiger partial charge in [0, 0.05) is 23.5 Å². The van der Waals surface area contributed by atoms with E-state index in [4.69, 9.17) is 23.2 Å². The Balaban J connectivity index is 2.20. The Morgan fingerprint density at radius 1 is 1.12 bits per heavy atom. The van der Waals surface area contributed by atoms with Crippen molar-refractivity contribution in [1.29, 1.82) is 0 Å². The second kappa shape index (κ2) is 7.64. The van der Waals surface area contributed by atoms with Crippen molar-refractivity contribution in [2.24, 2.45) is 5.92 Å². The van der Waals surface area contributed by atoms with Crippen LogP contribution >= 0.6 is 23.2 Å². The van der Waals surface area contributed by atoms with Gasteiger partial charge in [-0.25, -0.2) is 4.98 Å². The third kappa shape index (κ3) is 4.46. The van der Waals surface area contributed by atoms with Crippen LogP contribution in [0.5, 0.6) is 0 Å². The van der Waals surface area contributed by atoms with Gasteiger partial charge in [0.2, 0.25) is 5.91 Å². The van der Waals surface area contributed by atoms with Gasteiger partial charge in [-0.2, -0.15) is 0 Å². The maximum atomic E-state index is 12.3. The van der Waals surface area contributed by atoms with E-state index in [1.165, 1.54) is 12.3 Å². The quantitative estimate of drug-likeness (QED) is 0.781. The van der Waals surface area contributed by atoms with Gasteiger partial charge in [-0.15, -0.1) is 0 Å². The van der Waals surface area contributed by atoms with Crippen LogP contribution in [0.2, 0.25) is 10.2 Å². The van der Waals surface area contributed by atoms with E-state index >= 15 is 0 Å². The molecule has 24 heavy (non-hydrogen) atoms. The van der Waals surface area contributed by atoms with Crippen LogP contribution in [0.15, 0.2) is 30.5 Å². The number of pyridine rings is 1. The van der Waals surface area contributed by atoms with Crippen LogP contribution in [0.1, 0.15) is 29.8 Å². The minimum atomic E-state index is -0.364. The van der Waals surface area contributed by atoms with E-state index in [2.05, 4.69) is 15.6 Å². The molecule has 0 unspecified atom stereocenters. The number of carbonyl (C=O) groups is 2. The maximum absolute atomic E-state index is 12.3. The molecule has 0 saturated heterocycles. The summed E-state index contributed by atoms with van der Waals surface area (Å²) in [5.74, 6) is -0.590. The van der Waals surface area contributed by atoms with Crippen molar-refractivity contribution in [2.75, 3.05) is 10.6 Å². The normalized spacial score (nSPS) is 10.6. The molecule has 126 valence electrons. The number of hydrogen-bond donors (Lipinski definition) is 2. The van der Waals surface area contributed by atoms with E-state index in [0.29, 0.717) is 16.9 Å². The summed E-state index contributed by atoms with van der Waals surface area (Å²) in [5.41, 5.74) is 2.36. The Morgan fingerprint density at radius 2 is 1.83 bits per heavy atom. The Morgan fingerprint density at radius 3 is 2.46 bits per heavy atom. The summed E-state index contributed by atoms with van der Waals surface area (Å²) in [6.07, 6.45) is 1.35. The summed E-state index contributed by atoms with van der Waals surface area (Å²) in [4.78, 5) is 28.0. The molecule has 0 aliphatic carbocycles. The Labute approximate surface area is 150 Å². The minimum absolute atomic E-state index is 0.0928. The lowest BCUT2D eigenvalue weighted by Crippen LogP contribution is -2.18. The highest BCUT2D eigenvalue weighted by Crippen LogP contribution is 2.23. The summed E-state index contributed by atoms with van der Waals surface area (Å²) < 4.78 is 0. The fourth-order valence-electron chi connectivity index (χ4n) is 1.86. The number of nitrogens with one attached hydrogen (secondary N) is 2. The fraction of sp³-hybridized carbons (Fsp3) is 0.235. The SMILES string of the molecule is Cc1ccc(NC(=O)C(C)C)cc1NC(=O)c1cnc(Cl)c(Cl)c1. The van der Waals surface area contributed by atoms with Crippen LogP contribution in [0.25, 0.3) is 0 Å². The second-order valence-electron chi connectivity index (χ2n) is 5.62. The standard InChI is InChI=1S/C17H17Cl2N3O2/c1-9(2)16(23)21-12-5-4-10(3)14(7-12)22-17(24)11-6-13(18)15(19)20-8-11/h4-9H,1-3H3,(H,21,23)(H,22,24). The van der Waals surface area contributed by atoms with Crippen LogP contribution in [-0.2, 0) is 4.79 Å².